The average Bonchev–Trinajstić information content (AvgIpc) is 3.28. The number of rotatable bonds is 6. The van der Waals surface area contributed by atoms with E-state index in [9.17, 15) is 4.79 Å². The maximum absolute atomic E-state index is 11.9. The second-order valence-corrected chi connectivity index (χ2v) is 7.48. The maximum atomic E-state index is 11.9. The number of hydrogen-bond acceptors (Lipinski definition) is 5. The number of nitrogens with one attached hydrogen (secondary N) is 1. The molecule has 0 unspecified atom stereocenters. The molecule has 0 saturated carbocycles. The standard InChI is InChI=1S/C26H21N5O/c1-18(32)20-10-7-11-21(16-20)25-29-26(28-17-22-12-5-6-14-27-22)24-23(13-15-31(24)30-25)19-8-3-2-4-9-19/h2-16H,17H2,1H3,(H,28,29,30). The number of anilines is 1. The Morgan fingerprint density at radius 3 is 2.53 bits per heavy atom. The fourth-order valence-corrected chi connectivity index (χ4v) is 3.68. The van der Waals surface area contributed by atoms with Gasteiger partial charge in [0.15, 0.2) is 17.4 Å². The minimum Gasteiger partial charge on any atom is -0.363 e. The zero-order valence-electron chi connectivity index (χ0n) is 17.6. The Hall–Kier alpha value is -4.32. The summed E-state index contributed by atoms with van der Waals surface area (Å²) >= 11 is 0. The molecule has 0 fully saturated rings. The number of ketones is 1. The Labute approximate surface area is 185 Å². The molecule has 0 saturated heterocycles. The first-order valence-corrected chi connectivity index (χ1v) is 10.4. The van der Waals surface area contributed by atoms with Crippen LogP contribution in [0.2, 0.25) is 0 Å². The summed E-state index contributed by atoms with van der Waals surface area (Å²) in [7, 11) is 0. The quantitative estimate of drug-likeness (QED) is 0.380. The zero-order valence-corrected chi connectivity index (χ0v) is 17.6. The van der Waals surface area contributed by atoms with Crippen molar-refractivity contribution in [2.45, 2.75) is 13.5 Å². The largest absolute Gasteiger partial charge is 0.363 e. The zero-order chi connectivity index (χ0) is 21.9. The highest BCUT2D eigenvalue weighted by Gasteiger charge is 2.16. The van der Waals surface area contributed by atoms with Crippen molar-refractivity contribution in [2.24, 2.45) is 0 Å². The van der Waals surface area contributed by atoms with Crippen LogP contribution in [0.4, 0.5) is 5.82 Å². The highest BCUT2D eigenvalue weighted by molar-refractivity contribution is 5.95. The average molecular weight is 419 g/mol. The Morgan fingerprint density at radius 1 is 0.938 bits per heavy atom. The van der Waals surface area contributed by atoms with Crippen molar-refractivity contribution in [2.75, 3.05) is 5.32 Å². The summed E-state index contributed by atoms with van der Waals surface area (Å²) in [6.45, 7) is 2.08. The van der Waals surface area contributed by atoms with Gasteiger partial charge in [-0.2, -0.15) is 0 Å². The summed E-state index contributed by atoms with van der Waals surface area (Å²) in [6, 6.07) is 25.4. The van der Waals surface area contributed by atoms with Gasteiger partial charge in [0.05, 0.1) is 12.2 Å². The van der Waals surface area contributed by atoms with Crippen LogP contribution in [0.15, 0.2) is 91.3 Å². The Bertz CT molecular complexity index is 1390. The van der Waals surface area contributed by atoms with Gasteiger partial charge in [-0.25, -0.2) is 9.50 Å². The normalized spacial score (nSPS) is 10.9. The first kappa shape index (κ1) is 19.6. The Morgan fingerprint density at radius 2 is 1.75 bits per heavy atom. The molecule has 3 aromatic heterocycles. The molecule has 5 aromatic rings. The number of pyridine rings is 1. The predicted molar refractivity (Wildman–Crippen MR) is 125 cm³/mol. The molecule has 1 N–H and O–H groups in total. The number of carbonyl (C=O) groups is 1. The van der Waals surface area contributed by atoms with Crippen LogP contribution in [-0.2, 0) is 6.54 Å². The summed E-state index contributed by atoms with van der Waals surface area (Å²) in [5.74, 6) is 1.26. The van der Waals surface area contributed by atoms with Gasteiger partial charge in [0.1, 0.15) is 5.52 Å². The SMILES string of the molecule is CC(=O)c1cccc(-c2nc(NCc3ccccn3)c3c(-c4ccccc4)ccn3n2)c1. The van der Waals surface area contributed by atoms with E-state index in [0.29, 0.717) is 23.8 Å². The van der Waals surface area contributed by atoms with E-state index < -0.39 is 0 Å². The van der Waals surface area contributed by atoms with Gasteiger partial charge in [0.25, 0.3) is 0 Å². The van der Waals surface area contributed by atoms with Gasteiger partial charge in [-0.1, -0.05) is 54.6 Å². The highest BCUT2D eigenvalue weighted by Crippen LogP contribution is 2.31. The molecule has 0 atom stereocenters. The molecule has 5 rings (SSSR count). The van der Waals surface area contributed by atoms with Crippen LogP contribution < -0.4 is 5.32 Å². The van der Waals surface area contributed by atoms with Gasteiger partial charge >= 0.3 is 0 Å². The first-order chi connectivity index (χ1) is 15.7. The third kappa shape index (κ3) is 3.86. The summed E-state index contributed by atoms with van der Waals surface area (Å²) in [4.78, 5) is 21.1. The monoisotopic (exact) mass is 419 g/mol. The van der Waals surface area contributed by atoms with Gasteiger partial charge in [0.2, 0.25) is 0 Å². The van der Waals surface area contributed by atoms with Crippen molar-refractivity contribution >= 4 is 17.1 Å². The van der Waals surface area contributed by atoms with Gasteiger partial charge < -0.3 is 5.32 Å². The lowest BCUT2D eigenvalue weighted by Gasteiger charge is -2.12. The van der Waals surface area contributed by atoms with Crippen molar-refractivity contribution in [3.8, 4) is 22.5 Å². The lowest BCUT2D eigenvalue weighted by atomic mass is 10.1. The first-order valence-electron chi connectivity index (χ1n) is 10.4. The Balaban J connectivity index is 1.64. The van der Waals surface area contributed by atoms with Gasteiger partial charge in [0, 0.05) is 29.1 Å². The van der Waals surface area contributed by atoms with Crippen molar-refractivity contribution < 1.29 is 4.79 Å². The van der Waals surface area contributed by atoms with Crippen LogP contribution in [0.5, 0.6) is 0 Å². The number of nitrogens with zero attached hydrogens (tertiary/aromatic N) is 4. The number of aromatic nitrogens is 4. The molecule has 3 heterocycles. The molecule has 0 aliphatic rings. The molecule has 0 bridgehead atoms. The van der Waals surface area contributed by atoms with Crippen LogP contribution >= 0.6 is 0 Å². The molecule has 0 aliphatic carbocycles. The molecule has 0 aliphatic heterocycles. The molecule has 0 radical (unpaired) electrons. The summed E-state index contributed by atoms with van der Waals surface area (Å²) in [5, 5.41) is 8.19. The molecule has 0 amide bonds. The van der Waals surface area contributed by atoms with E-state index in [1.165, 1.54) is 0 Å². The molecule has 6 heteroatoms. The lowest BCUT2D eigenvalue weighted by molar-refractivity contribution is 0.101. The van der Waals surface area contributed by atoms with Crippen molar-refractivity contribution in [1.29, 1.82) is 0 Å². The molecule has 0 spiro atoms. The van der Waals surface area contributed by atoms with Crippen LogP contribution in [-0.4, -0.2) is 25.4 Å². The third-order valence-electron chi connectivity index (χ3n) is 5.29. The summed E-state index contributed by atoms with van der Waals surface area (Å²) in [5.41, 5.74) is 5.35. The topological polar surface area (TPSA) is 72.2 Å². The van der Waals surface area contributed by atoms with Crippen molar-refractivity contribution in [3.05, 3.63) is 103 Å². The number of Topliss-reactive ketones (excluding diaryl/α,β-unsaturated/α-hetero) is 1. The van der Waals surface area contributed by atoms with E-state index in [2.05, 4.69) is 22.4 Å². The van der Waals surface area contributed by atoms with Gasteiger partial charge in [-0.3, -0.25) is 9.78 Å². The second-order valence-electron chi connectivity index (χ2n) is 7.48. The van der Waals surface area contributed by atoms with Crippen LogP contribution in [0.3, 0.4) is 0 Å². The molecular weight excluding hydrogens is 398 g/mol. The molecule has 2 aromatic carbocycles. The summed E-state index contributed by atoms with van der Waals surface area (Å²) in [6.07, 6.45) is 3.71. The molecule has 156 valence electrons. The maximum Gasteiger partial charge on any atom is 0.182 e. The van der Waals surface area contributed by atoms with Crippen molar-refractivity contribution in [3.63, 3.8) is 0 Å². The fourth-order valence-electron chi connectivity index (χ4n) is 3.68. The van der Waals surface area contributed by atoms with E-state index >= 15 is 0 Å². The molecule has 6 nitrogen and oxygen atoms in total. The molecular formula is C26H21N5O. The number of carbonyl (C=O) groups excluding carboxylic acids is 1. The Kier molecular flexibility index (Phi) is 5.17. The number of benzene rings is 2. The number of hydrogen-bond donors (Lipinski definition) is 1. The van der Waals surface area contributed by atoms with Crippen molar-refractivity contribution in [1.82, 2.24) is 19.6 Å². The van der Waals surface area contributed by atoms with Crippen LogP contribution in [0, 0.1) is 0 Å². The minimum atomic E-state index is 0.00811. The van der Waals surface area contributed by atoms with E-state index in [1.54, 1.807) is 19.2 Å². The van der Waals surface area contributed by atoms with E-state index in [4.69, 9.17) is 10.1 Å². The second kappa shape index (κ2) is 8.43. The number of fused-ring (bicyclic) bond motifs is 1. The van der Waals surface area contributed by atoms with Crippen LogP contribution in [0.25, 0.3) is 28.0 Å². The summed E-state index contributed by atoms with van der Waals surface area (Å²) < 4.78 is 1.84. The van der Waals surface area contributed by atoms with E-state index in [-0.39, 0.29) is 5.78 Å². The van der Waals surface area contributed by atoms with E-state index in [0.717, 1.165) is 27.9 Å². The molecule has 32 heavy (non-hydrogen) atoms. The predicted octanol–water partition coefficient (Wildman–Crippen LogP) is 5.27. The third-order valence-corrected chi connectivity index (χ3v) is 5.29. The van der Waals surface area contributed by atoms with Gasteiger partial charge in [-0.15, -0.1) is 5.10 Å². The van der Waals surface area contributed by atoms with Gasteiger partial charge in [-0.05, 0) is 36.8 Å². The van der Waals surface area contributed by atoms with Crippen LogP contribution in [0.1, 0.15) is 23.0 Å². The smallest absolute Gasteiger partial charge is 0.182 e. The van der Waals surface area contributed by atoms with E-state index in [1.807, 2.05) is 71.4 Å². The highest BCUT2D eigenvalue weighted by atomic mass is 16.1. The lowest BCUT2D eigenvalue weighted by Crippen LogP contribution is -2.08. The minimum absolute atomic E-state index is 0.00811. The fraction of sp³-hybridized carbons (Fsp3) is 0.0769.